The Morgan fingerprint density at radius 2 is 1.74 bits per heavy atom. The second kappa shape index (κ2) is 6.08. The second-order valence-electron chi connectivity index (χ2n) is 3.66. The molecule has 4 nitrogen and oxygen atoms in total. The molecule has 2 aromatic rings. The number of hydrogen-bond acceptors (Lipinski definition) is 3. The third-order valence-corrected chi connectivity index (χ3v) is 3.67. The maximum atomic E-state index is 8.63. The summed E-state index contributed by atoms with van der Waals surface area (Å²) >= 11 is 6.81. The number of halogens is 2. The first-order valence-corrected chi connectivity index (χ1v) is 6.90. The van der Waals surface area contributed by atoms with E-state index in [-0.39, 0.29) is 5.84 Å². The smallest absolute Gasteiger partial charge is 0.170 e. The average molecular weight is 386 g/mol. The number of hydrogen-bond donors (Lipinski definition) is 2. The average Bonchev–Trinajstić information content (AvgIpc) is 2.42. The zero-order valence-corrected chi connectivity index (χ0v) is 12.8. The summed E-state index contributed by atoms with van der Waals surface area (Å²) in [7, 11) is 0. The van der Waals surface area contributed by atoms with Crippen molar-refractivity contribution in [1.29, 1.82) is 0 Å². The maximum Gasteiger partial charge on any atom is 0.170 e. The molecule has 98 valence electrons. The van der Waals surface area contributed by atoms with Gasteiger partial charge in [0.2, 0.25) is 0 Å². The summed E-state index contributed by atoms with van der Waals surface area (Å²) in [5, 5.41) is 11.6. The molecule has 0 atom stereocenters. The largest absolute Gasteiger partial charge is 0.455 e. The molecule has 0 aromatic heterocycles. The van der Waals surface area contributed by atoms with Gasteiger partial charge in [-0.3, -0.25) is 0 Å². The van der Waals surface area contributed by atoms with E-state index in [9.17, 15) is 0 Å². The van der Waals surface area contributed by atoms with Gasteiger partial charge in [-0.25, -0.2) is 0 Å². The van der Waals surface area contributed by atoms with E-state index in [1.165, 1.54) is 0 Å². The van der Waals surface area contributed by atoms with Gasteiger partial charge in [-0.15, -0.1) is 0 Å². The Morgan fingerprint density at radius 1 is 1.05 bits per heavy atom. The van der Waals surface area contributed by atoms with Crippen molar-refractivity contribution in [1.82, 2.24) is 0 Å². The molecule has 19 heavy (non-hydrogen) atoms. The molecule has 0 amide bonds. The topological polar surface area (TPSA) is 67.8 Å². The van der Waals surface area contributed by atoms with Gasteiger partial charge in [-0.05, 0) is 62.2 Å². The van der Waals surface area contributed by atoms with E-state index < -0.39 is 0 Å². The number of amidine groups is 1. The summed E-state index contributed by atoms with van der Waals surface area (Å²) in [5.74, 6) is 1.40. The van der Waals surface area contributed by atoms with Crippen molar-refractivity contribution in [3.63, 3.8) is 0 Å². The van der Waals surface area contributed by atoms with Crippen molar-refractivity contribution in [2.75, 3.05) is 0 Å². The highest BCUT2D eigenvalue weighted by atomic mass is 79.9. The standard InChI is InChI=1S/C13H10Br2N2O2/c14-9-3-1-2-4-11(9)19-12-6-5-8(7-10(12)15)13(16)17-18/h1-7,18H,(H2,16,17). The number of nitrogens with zero attached hydrogens (tertiary/aromatic N) is 1. The Balaban J connectivity index is 2.30. The lowest BCUT2D eigenvalue weighted by molar-refractivity contribution is 0.318. The van der Waals surface area contributed by atoms with Crippen LogP contribution in [0.15, 0.2) is 56.6 Å². The van der Waals surface area contributed by atoms with Gasteiger partial charge in [0.05, 0.1) is 8.95 Å². The lowest BCUT2D eigenvalue weighted by atomic mass is 10.2. The molecule has 0 saturated carbocycles. The Labute approximate surface area is 127 Å². The minimum absolute atomic E-state index is 0.0492. The van der Waals surface area contributed by atoms with Crippen LogP contribution in [0.1, 0.15) is 5.56 Å². The highest BCUT2D eigenvalue weighted by Gasteiger charge is 2.08. The fourth-order valence-electron chi connectivity index (χ4n) is 1.45. The van der Waals surface area contributed by atoms with Crippen LogP contribution in [0.25, 0.3) is 0 Å². The van der Waals surface area contributed by atoms with Crippen LogP contribution in [0, 0.1) is 0 Å². The second-order valence-corrected chi connectivity index (χ2v) is 5.37. The van der Waals surface area contributed by atoms with Crippen molar-refractivity contribution >= 4 is 37.7 Å². The van der Waals surface area contributed by atoms with Crippen LogP contribution in [-0.2, 0) is 0 Å². The van der Waals surface area contributed by atoms with Crippen molar-refractivity contribution < 1.29 is 9.94 Å². The van der Waals surface area contributed by atoms with Gasteiger partial charge < -0.3 is 15.7 Å². The first-order valence-electron chi connectivity index (χ1n) is 5.31. The zero-order valence-electron chi connectivity index (χ0n) is 9.68. The Hall–Kier alpha value is -1.53. The van der Waals surface area contributed by atoms with Crippen LogP contribution in [0.5, 0.6) is 11.5 Å². The lowest BCUT2D eigenvalue weighted by Crippen LogP contribution is -2.12. The van der Waals surface area contributed by atoms with E-state index in [0.717, 1.165) is 4.47 Å². The number of oxime groups is 1. The Kier molecular flexibility index (Phi) is 4.44. The molecule has 0 saturated heterocycles. The summed E-state index contributed by atoms with van der Waals surface area (Å²) in [5.41, 5.74) is 6.13. The van der Waals surface area contributed by atoms with Crippen molar-refractivity contribution in [3.8, 4) is 11.5 Å². The molecule has 6 heteroatoms. The van der Waals surface area contributed by atoms with Gasteiger partial charge in [-0.1, -0.05) is 17.3 Å². The Bertz CT molecular complexity index is 630. The summed E-state index contributed by atoms with van der Waals surface area (Å²) < 4.78 is 7.35. The molecule has 0 aliphatic carbocycles. The number of nitrogens with two attached hydrogens (primary N) is 1. The van der Waals surface area contributed by atoms with E-state index in [1.807, 2.05) is 24.3 Å². The molecule has 0 aliphatic rings. The number of rotatable bonds is 3. The lowest BCUT2D eigenvalue weighted by Gasteiger charge is -2.10. The van der Waals surface area contributed by atoms with Crippen LogP contribution >= 0.6 is 31.9 Å². The first-order chi connectivity index (χ1) is 9.11. The molecule has 0 spiro atoms. The van der Waals surface area contributed by atoms with E-state index >= 15 is 0 Å². The van der Waals surface area contributed by atoms with Crippen LogP contribution in [0.2, 0.25) is 0 Å². The molecular weight excluding hydrogens is 376 g/mol. The highest BCUT2D eigenvalue weighted by Crippen LogP contribution is 2.34. The molecule has 3 N–H and O–H groups in total. The predicted octanol–water partition coefficient (Wildman–Crippen LogP) is 4.10. The van der Waals surface area contributed by atoms with Crippen molar-refractivity contribution in [3.05, 3.63) is 57.0 Å². The first kappa shape index (κ1) is 13.9. The monoisotopic (exact) mass is 384 g/mol. The fraction of sp³-hybridized carbons (Fsp3) is 0. The molecule has 2 rings (SSSR count). The summed E-state index contributed by atoms with van der Waals surface area (Å²) in [4.78, 5) is 0. The predicted molar refractivity (Wildman–Crippen MR) is 80.9 cm³/mol. The Morgan fingerprint density at radius 3 is 2.37 bits per heavy atom. The van der Waals surface area contributed by atoms with Crippen LogP contribution in [0.3, 0.4) is 0 Å². The fourth-order valence-corrected chi connectivity index (χ4v) is 2.27. The van der Waals surface area contributed by atoms with Gasteiger partial charge in [0.1, 0.15) is 11.5 Å². The maximum absolute atomic E-state index is 8.63. The molecule has 0 fully saturated rings. The van der Waals surface area contributed by atoms with Crippen molar-refractivity contribution in [2.45, 2.75) is 0 Å². The van der Waals surface area contributed by atoms with Gasteiger partial charge >= 0.3 is 0 Å². The highest BCUT2D eigenvalue weighted by molar-refractivity contribution is 9.11. The summed E-state index contributed by atoms with van der Waals surface area (Å²) in [6.07, 6.45) is 0. The molecule has 0 heterocycles. The molecule has 0 aliphatic heterocycles. The number of ether oxygens (including phenoxy) is 1. The minimum Gasteiger partial charge on any atom is -0.455 e. The van der Waals surface area contributed by atoms with Gasteiger partial charge in [-0.2, -0.15) is 0 Å². The third kappa shape index (κ3) is 3.27. The number of benzene rings is 2. The minimum atomic E-state index is 0.0492. The van der Waals surface area contributed by atoms with Gasteiger partial charge in [0.25, 0.3) is 0 Å². The van der Waals surface area contributed by atoms with E-state index in [4.69, 9.17) is 15.7 Å². The molecular formula is C13H10Br2N2O2. The number of para-hydroxylation sites is 1. The normalized spacial score (nSPS) is 11.4. The summed E-state index contributed by atoms with van der Waals surface area (Å²) in [6, 6.07) is 12.7. The SMILES string of the molecule is N/C(=N/O)c1ccc(Oc2ccccc2Br)c(Br)c1. The third-order valence-electron chi connectivity index (χ3n) is 2.39. The van der Waals surface area contributed by atoms with Gasteiger partial charge in [0, 0.05) is 5.56 Å². The van der Waals surface area contributed by atoms with Crippen LogP contribution in [0.4, 0.5) is 0 Å². The molecule has 0 radical (unpaired) electrons. The van der Waals surface area contributed by atoms with Crippen LogP contribution in [-0.4, -0.2) is 11.0 Å². The summed E-state index contributed by atoms with van der Waals surface area (Å²) in [6.45, 7) is 0. The van der Waals surface area contributed by atoms with E-state index in [1.54, 1.807) is 18.2 Å². The molecule has 0 bridgehead atoms. The molecule has 2 aromatic carbocycles. The van der Waals surface area contributed by atoms with Gasteiger partial charge in [0.15, 0.2) is 5.84 Å². The quantitative estimate of drug-likeness (QED) is 0.361. The van der Waals surface area contributed by atoms with Crippen molar-refractivity contribution in [2.24, 2.45) is 10.9 Å². The molecule has 0 unspecified atom stereocenters. The van der Waals surface area contributed by atoms with E-state index in [0.29, 0.717) is 21.5 Å². The zero-order chi connectivity index (χ0) is 13.8. The van der Waals surface area contributed by atoms with Crippen LogP contribution < -0.4 is 10.5 Å². The van der Waals surface area contributed by atoms with E-state index in [2.05, 4.69) is 37.0 Å².